The van der Waals surface area contributed by atoms with E-state index in [1.165, 1.54) is 6.26 Å². The van der Waals surface area contributed by atoms with Crippen LogP contribution >= 0.6 is 0 Å². The van der Waals surface area contributed by atoms with E-state index < -0.39 is 9.84 Å². The van der Waals surface area contributed by atoms with Gasteiger partial charge in [-0.15, -0.1) is 0 Å². The normalized spacial score (nSPS) is 15.9. The van der Waals surface area contributed by atoms with Crippen molar-refractivity contribution in [1.29, 1.82) is 0 Å². The van der Waals surface area contributed by atoms with Gasteiger partial charge >= 0.3 is 0 Å². The highest BCUT2D eigenvalue weighted by Gasteiger charge is 2.26. The molecule has 1 amide bonds. The van der Waals surface area contributed by atoms with Crippen molar-refractivity contribution in [2.24, 2.45) is 0 Å². The molecule has 0 unspecified atom stereocenters. The van der Waals surface area contributed by atoms with Crippen LogP contribution in [0, 0.1) is 0 Å². The number of ether oxygens (including phenoxy) is 2. The quantitative estimate of drug-likeness (QED) is 0.785. The number of hydrogen-bond acceptors (Lipinski definition) is 5. The van der Waals surface area contributed by atoms with Gasteiger partial charge in [-0.05, 0) is 23.3 Å². The van der Waals surface area contributed by atoms with E-state index >= 15 is 0 Å². The van der Waals surface area contributed by atoms with E-state index in [0.29, 0.717) is 19.6 Å². The molecule has 144 valence electrons. The molecule has 0 fully saturated rings. The third-order valence-corrected chi connectivity index (χ3v) is 5.61. The minimum Gasteiger partial charge on any atom is -0.487 e. The van der Waals surface area contributed by atoms with Crippen LogP contribution in [-0.4, -0.2) is 46.9 Å². The van der Waals surface area contributed by atoms with E-state index in [1.54, 1.807) is 31.4 Å². The smallest absolute Gasteiger partial charge is 0.222 e. The van der Waals surface area contributed by atoms with E-state index in [0.717, 1.165) is 28.9 Å². The van der Waals surface area contributed by atoms with Gasteiger partial charge in [-0.2, -0.15) is 0 Å². The van der Waals surface area contributed by atoms with Crippen LogP contribution in [0.25, 0.3) is 11.1 Å². The average molecular weight is 389 g/mol. The van der Waals surface area contributed by atoms with Gasteiger partial charge in [0.15, 0.2) is 9.84 Å². The maximum absolute atomic E-state index is 11.7. The molecule has 0 spiro atoms. The number of benzene rings is 2. The SMILES string of the molecule is COCCC(=O)NC[C@H]1Cc2cccc(-c3ccc(S(C)(=O)=O)cc3)c2O1. The molecule has 1 atom stereocenters. The first-order valence-corrected chi connectivity index (χ1v) is 10.6. The highest BCUT2D eigenvalue weighted by atomic mass is 32.2. The molecule has 0 saturated carbocycles. The standard InChI is InChI=1S/C20H23NO5S/c1-25-11-10-19(22)21-13-16-12-15-4-3-5-18(20(15)26-16)14-6-8-17(9-7-14)27(2,23)24/h3-9,16H,10-13H2,1-2H3,(H,21,22)/t16-/m1/s1. The number of amides is 1. The molecule has 7 heteroatoms. The first-order chi connectivity index (χ1) is 12.9. The molecule has 0 radical (unpaired) electrons. The van der Waals surface area contributed by atoms with Crippen molar-refractivity contribution in [2.45, 2.75) is 23.8 Å². The Morgan fingerprint density at radius 3 is 2.63 bits per heavy atom. The lowest BCUT2D eigenvalue weighted by molar-refractivity contribution is -0.122. The zero-order valence-electron chi connectivity index (χ0n) is 15.4. The third kappa shape index (κ3) is 4.67. The maximum atomic E-state index is 11.7. The molecule has 0 aliphatic carbocycles. The summed E-state index contributed by atoms with van der Waals surface area (Å²) in [6.07, 6.45) is 2.11. The third-order valence-electron chi connectivity index (χ3n) is 4.48. The van der Waals surface area contributed by atoms with Gasteiger partial charge in [-0.25, -0.2) is 8.42 Å². The van der Waals surface area contributed by atoms with Gasteiger partial charge in [0, 0.05) is 31.8 Å². The van der Waals surface area contributed by atoms with Crippen LogP contribution in [0.5, 0.6) is 5.75 Å². The van der Waals surface area contributed by atoms with Gasteiger partial charge in [0.2, 0.25) is 5.91 Å². The topological polar surface area (TPSA) is 81.7 Å². The first-order valence-electron chi connectivity index (χ1n) is 8.73. The van der Waals surface area contributed by atoms with E-state index in [-0.39, 0.29) is 16.9 Å². The highest BCUT2D eigenvalue weighted by molar-refractivity contribution is 7.90. The zero-order chi connectivity index (χ0) is 19.4. The summed E-state index contributed by atoms with van der Waals surface area (Å²) in [6.45, 7) is 0.828. The minimum atomic E-state index is -3.22. The molecule has 6 nitrogen and oxygen atoms in total. The van der Waals surface area contributed by atoms with Gasteiger partial charge in [0.1, 0.15) is 11.9 Å². The summed E-state index contributed by atoms with van der Waals surface area (Å²) in [6, 6.07) is 12.7. The average Bonchev–Trinajstić information content (AvgIpc) is 3.07. The van der Waals surface area contributed by atoms with Crippen molar-refractivity contribution in [3.63, 3.8) is 0 Å². The van der Waals surface area contributed by atoms with Crippen molar-refractivity contribution < 1.29 is 22.7 Å². The molecular formula is C20H23NO5S. The fourth-order valence-electron chi connectivity index (χ4n) is 3.07. The molecule has 0 saturated heterocycles. The van der Waals surface area contributed by atoms with E-state index in [1.807, 2.05) is 18.2 Å². The van der Waals surface area contributed by atoms with Crippen molar-refractivity contribution >= 4 is 15.7 Å². The number of nitrogens with one attached hydrogen (secondary N) is 1. The predicted molar refractivity (Wildman–Crippen MR) is 103 cm³/mol. The summed E-state index contributed by atoms with van der Waals surface area (Å²) in [5, 5.41) is 2.87. The summed E-state index contributed by atoms with van der Waals surface area (Å²) in [5.41, 5.74) is 2.89. The fourth-order valence-corrected chi connectivity index (χ4v) is 3.70. The molecule has 3 rings (SSSR count). The molecule has 1 heterocycles. The molecule has 0 aromatic heterocycles. The second-order valence-corrected chi connectivity index (χ2v) is 8.60. The van der Waals surface area contributed by atoms with Crippen molar-refractivity contribution in [1.82, 2.24) is 5.32 Å². The Kier molecular flexibility index (Phi) is 5.82. The molecule has 1 N–H and O–H groups in total. The number of hydrogen-bond donors (Lipinski definition) is 1. The van der Waals surface area contributed by atoms with Crippen LogP contribution in [-0.2, 0) is 25.8 Å². The van der Waals surface area contributed by atoms with Crippen LogP contribution in [0.3, 0.4) is 0 Å². The van der Waals surface area contributed by atoms with Crippen molar-refractivity contribution in [2.75, 3.05) is 26.5 Å². The summed E-state index contributed by atoms with van der Waals surface area (Å²) in [4.78, 5) is 12.0. The monoisotopic (exact) mass is 389 g/mol. The Labute approximate surface area is 159 Å². The van der Waals surface area contributed by atoms with Gasteiger partial charge in [0.25, 0.3) is 0 Å². The second kappa shape index (κ2) is 8.10. The minimum absolute atomic E-state index is 0.0620. The lowest BCUT2D eigenvalue weighted by atomic mass is 10.0. The molecular weight excluding hydrogens is 366 g/mol. The van der Waals surface area contributed by atoms with Gasteiger partial charge in [-0.1, -0.05) is 30.3 Å². The molecule has 0 bridgehead atoms. The molecule has 27 heavy (non-hydrogen) atoms. The molecule has 2 aromatic carbocycles. The Morgan fingerprint density at radius 1 is 1.22 bits per heavy atom. The maximum Gasteiger partial charge on any atom is 0.222 e. The van der Waals surface area contributed by atoms with Crippen LogP contribution in [0.15, 0.2) is 47.4 Å². The fraction of sp³-hybridized carbons (Fsp3) is 0.350. The molecule has 1 aliphatic rings. The largest absolute Gasteiger partial charge is 0.487 e. The van der Waals surface area contributed by atoms with E-state index in [9.17, 15) is 13.2 Å². The molecule has 2 aromatic rings. The number of carbonyl (C=O) groups is 1. The van der Waals surface area contributed by atoms with E-state index in [2.05, 4.69) is 5.32 Å². The Balaban J connectivity index is 1.72. The van der Waals surface area contributed by atoms with Crippen molar-refractivity contribution in [3.05, 3.63) is 48.0 Å². The van der Waals surface area contributed by atoms with Crippen LogP contribution in [0.2, 0.25) is 0 Å². The number of rotatable bonds is 7. The summed E-state index contributed by atoms with van der Waals surface area (Å²) in [5.74, 6) is 0.730. The second-order valence-electron chi connectivity index (χ2n) is 6.58. The van der Waals surface area contributed by atoms with Crippen LogP contribution in [0.4, 0.5) is 0 Å². The number of para-hydroxylation sites is 1. The molecule has 1 aliphatic heterocycles. The number of sulfone groups is 1. The van der Waals surface area contributed by atoms with Gasteiger partial charge in [-0.3, -0.25) is 4.79 Å². The van der Waals surface area contributed by atoms with Gasteiger partial charge < -0.3 is 14.8 Å². The zero-order valence-corrected chi connectivity index (χ0v) is 16.2. The Morgan fingerprint density at radius 2 is 1.96 bits per heavy atom. The van der Waals surface area contributed by atoms with Crippen LogP contribution in [0.1, 0.15) is 12.0 Å². The lowest BCUT2D eigenvalue weighted by Crippen LogP contribution is -2.34. The Hall–Kier alpha value is -2.38. The van der Waals surface area contributed by atoms with Crippen molar-refractivity contribution in [3.8, 4) is 16.9 Å². The number of methoxy groups -OCH3 is 1. The van der Waals surface area contributed by atoms with Gasteiger partial charge in [0.05, 0.1) is 18.0 Å². The van der Waals surface area contributed by atoms with E-state index in [4.69, 9.17) is 9.47 Å². The number of fused-ring (bicyclic) bond motifs is 1. The lowest BCUT2D eigenvalue weighted by Gasteiger charge is -2.14. The Bertz CT molecular complexity index is 922. The van der Waals surface area contributed by atoms with Crippen LogP contribution < -0.4 is 10.1 Å². The predicted octanol–water partition coefficient (Wildman–Crippen LogP) is 2.21. The highest BCUT2D eigenvalue weighted by Crippen LogP contribution is 2.38. The summed E-state index contributed by atoms with van der Waals surface area (Å²) >= 11 is 0. The summed E-state index contributed by atoms with van der Waals surface area (Å²) < 4.78 is 34.3. The first kappa shape index (κ1) is 19.4. The summed E-state index contributed by atoms with van der Waals surface area (Å²) in [7, 11) is -1.66. The number of carbonyl (C=O) groups excluding carboxylic acids is 1.